The lowest BCUT2D eigenvalue weighted by Crippen LogP contribution is -2.34. The number of hydrogen-bond donors (Lipinski definition) is 2. The van der Waals surface area contributed by atoms with Gasteiger partial charge in [0.1, 0.15) is 5.69 Å². The van der Waals surface area contributed by atoms with Gasteiger partial charge in [0.25, 0.3) is 5.91 Å². The molecule has 98 valence electrons. The smallest absolute Gasteiger partial charge is 0.268 e. The van der Waals surface area contributed by atoms with Crippen molar-refractivity contribution in [2.75, 3.05) is 0 Å². The van der Waals surface area contributed by atoms with Crippen LogP contribution in [-0.2, 0) is 0 Å². The predicted octanol–water partition coefficient (Wildman–Crippen LogP) is 2.36. The molecule has 1 saturated carbocycles. The number of aromatic nitrogens is 1. The average molecular weight is 248 g/mol. The summed E-state index contributed by atoms with van der Waals surface area (Å²) in [6.45, 7) is 7.20. The first-order valence-electron chi connectivity index (χ1n) is 6.42. The molecule has 1 fully saturated rings. The number of aryl methyl sites for hydroxylation is 1. The lowest BCUT2D eigenvalue weighted by atomic mass is 10.1. The van der Waals surface area contributed by atoms with E-state index in [1.54, 1.807) is 0 Å². The maximum atomic E-state index is 12.1. The van der Waals surface area contributed by atoms with Crippen molar-refractivity contribution < 1.29 is 9.59 Å². The highest BCUT2D eigenvalue weighted by Crippen LogP contribution is 2.32. The fourth-order valence-corrected chi connectivity index (χ4v) is 2.50. The molecule has 2 rings (SSSR count). The Morgan fingerprint density at radius 2 is 1.94 bits per heavy atom. The van der Waals surface area contributed by atoms with E-state index in [-0.39, 0.29) is 17.7 Å². The SMILES string of the molecule is CC(=O)c1c(C)[nH]c(C(=O)NC(C)C2CC2)c1C. The predicted molar refractivity (Wildman–Crippen MR) is 69.9 cm³/mol. The number of hydrogen-bond acceptors (Lipinski definition) is 2. The number of ketones is 1. The molecule has 1 aromatic rings. The molecule has 1 aliphatic rings. The molecule has 1 aliphatic carbocycles. The number of H-pyrrole nitrogens is 1. The molecule has 4 heteroatoms. The summed E-state index contributed by atoms with van der Waals surface area (Å²) in [7, 11) is 0. The lowest BCUT2D eigenvalue weighted by molar-refractivity contribution is 0.0930. The van der Waals surface area contributed by atoms with Crippen molar-refractivity contribution in [1.29, 1.82) is 0 Å². The van der Waals surface area contributed by atoms with Gasteiger partial charge in [-0.2, -0.15) is 0 Å². The third kappa shape index (κ3) is 2.33. The maximum Gasteiger partial charge on any atom is 0.268 e. The van der Waals surface area contributed by atoms with E-state index in [2.05, 4.69) is 10.3 Å². The summed E-state index contributed by atoms with van der Waals surface area (Å²) in [6.07, 6.45) is 2.39. The van der Waals surface area contributed by atoms with Crippen LogP contribution in [0, 0.1) is 19.8 Å². The Bertz CT molecular complexity index is 498. The minimum absolute atomic E-state index is 0.00413. The number of carbonyl (C=O) groups excluding carboxylic acids is 2. The summed E-state index contributed by atoms with van der Waals surface area (Å²) < 4.78 is 0. The minimum atomic E-state index is -0.109. The highest BCUT2D eigenvalue weighted by molar-refractivity contribution is 6.02. The van der Waals surface area contributed by atoms with Crippen LogP contribution in [0.4, 0.5) is 0 Å². The molecule has 0 aromatic carbocycles. The second kappa shape index (κ2) is 4.59. The topological polar surface area (TPSA) is 62.0 Å². The molecule has 0 aliphatic heterocycles. The lowest BCUT2D eigenvalue weighted by Gasteiger charge is -2.12. The molecule has 2 N–H and O–H groups in total. The van der Waals surface area contributed by atoms with Crippen LogP contribution in [-0.4, -0.2) is 22.7 Å². The Kier molecular flexibility index (Phi) is 3.28. The van der Waals surface area contributed by atoms with Crippen LogP contribution in [0.15, 0.2) is 0 Å². The quantitative estimate of drug-likeness (QED) is 0.803. The minimum Gasteiger partial charge on any atom is -0.354 e. The van der Waals surface area contributed by atoms with Gasteiger partial charge in [-0.25, -0.2) is 0 Å². The van der Waals surface area contributed by atoms with Crippen LogP contribution in [0.2, 0.25) is 0 Å². The Morgan fingerprint density at radius 3 is 2.39 bits per heavy atom. The molecule has 1 amide bonds. The summed E-state index contributed by atoms with van der Waals surface area (Å²) in [5, 5.41) is 3.00. The molecule has 1 heterocycles. The highest BCUT2D eigenvalue weighted by atomic mass is 16.2. The van der Waals surface area contributed by atoms with Crippen molar-refractivity contribution in [1.82, 2.24) is 10.3 Å². The van der Waals surface area contributed by atoms with Crippen LogP contribution in [0.3, 0.4) is 0 Å². The Hall–Kier alpha value is -1.58. The van der Waals surface area contributed by atoms with Crippen molar-refractivity contribution in [3.8, 4) is 0 Å². The second-order valence-corrected chi connectivity index (χ2v) is 5.28. The van der Waals surface area contributed by atoms with E-state index in [9.17, 15) is 9.59 Å². The molecule has 18 heavy (non-hydrogen) atoms. The van der Waals surface area contributed by atoms with Gasteiger partial charge in [-0.3, -0.25) is 9.59 Å². The Balaban J connectivity index is 2.19. The van der Waals surface area contributed by atoms with Crippen LogP contribution in [0.5, 0.6) is 0 Å². The van der Waals surface area contributed by atoms with Gasteiger partial charge in [0.15, 0.2) is 5.78 Å². The zero-order chi connectivity index (χ0) is 13.4. The van der Waals surface area contributed by atoms with Crippen LogP contribution >= 0.6 is 0 Å². The van der Waals surface area contributed by atoms with Gasteiger partial charge in [0.2, 0.25) is 0 Å². The van der Waals surface area contributed by atoms with Gasteiger partial charge >= 0.3 is 0 Å². The summed E-state index contributed by atoms with van der Waals surface area (Å²) in [5.41, 5.74) is 2.68. The van der Waals surface area contributed by atoms with E-state index >= 15 is 0 Å². The molecule has 0 bridgehead atoms. The van der Waals surface area contributed by atoms with Gasteiger partial charge in [-0.1, -0.05) is 0 Å². The van der Waals surface area contributed by atoms with Crippen LogP contribution in [0.25, 0.3) is 0 Å². The number of aromatic amines is 1. The molecular weight excluding hydrogens is 228 g/mol. The highest BCUT2D eigenvalue weighted by Gasteiger charge is 2.30. The molecule has 0 spiro atoms. The third-order valence-electron chi connectivity index (χ3n) is 3.70. The van der Waals surface area contributed by atoms with Gasteiger partial charge in [-0.15, -0.1) is 0 Å². The number of rotatable bonds is 4. The number of amides is 1. The number of carbonyl (C=O) groups is 2. The summed E-state index contributed by atoms with van der Waals surface area (Å²) in [6, 6.07) is 0.210. The Morgan fingerprint density at radius 1 is 1.33 bits per heavy atom. The van der Waals surface area contributed by atoms with Crippen molar-refractivity contribution >= 4 is 11.7 Å². The molecule has 0 radical (unpaired) electrons. The van der Waals surface area contributed by atoms with E-state index in [0.717, 1.165) is 11.3 Å². The largest absolute Gasteiger partial charge is 0.354 e. The van der Waals surface area contributed by atoms with E-state index in [1.807, 2.05) is 20.8 Å². The van der Waals surface area contributed by atoms with Crippen LogP contribution in [0.1, 0.15) is 58.8 Å². The first-order valence-corrected chi connectivity index (χ1v) is 6.42. The first kappa shape index (κ1) is 12.9. The van der Waals surface area contributed by atoms with E-state index in [1.165, 1.54) is 19.8 Å². The molecule has 1 unspecified atom stereocenters. The normalized spacial score (nSPS) is 16.4. The fourth-order valence-electron chi connectivity index (χ4n) is 2.50. The maximum absolute atomic E-state index is 12.1. The molecule has 1 aromatic heterocycles. The summed E-state index contributed by atoms with van der Waals surface area (Å²) >= 11 is 0. The van der Waals surface area contributed by atoms with Crippen LogP contribution < -0.4 is 5.32 Å². The van der Waals surface area contributed by atoms with Crippen molar-refractivity contribution in [2.45, 2.75) is 46.6 Å². The molecule has 1 atom stereocenters. The molecule has 4 nitrogen and oxygen atoms in total. The van der Waals surface area contributed by atoms with Gasteiger partial charge < -0.3 is 10.3 Å². The zero-order valence-corrected chi connectivity index (χ0v) is 11.4. The average Bonchev–Trinajstić information content (AvgIpc) is 3.04. The van der Waals surface area contributed by atoms with E-state index < -0.39 is 0 Å². The zero-order valence-electron chi connectivity index (χ0n) is 11.4. The monoisotopic (exact) mass is 248 g/mol. The van der Waals surface area contributed by atoms with Crippen molar-refractivity contribution in [3.05, 3.63) is 22.5 Å². The van der Waals surface area contributed by atoms with Gasteiger partial charge in [-0.05, 0) is 52.0 Å². The number of nitrogens with one attached hydrogen (secondary N) is 2. The molecular formula is C14H20N2O2. The third-order valence-corrected chi connectivity index (χ3v) is 3.70. The van der Waals surface area contributed by atoms with Crippen molar-refractivity contribution in [2.24, 2.45) is 5.92 Å². The van der Waals surface area contributed by atoms with E-state index in [0.29, 0.717) is 17.2 Å². The standard InChI is InChI=1S/C14H20N2O2/c1-7-12(10(4)17)9(3)15-13(7)14(18)16-8(2)11-5-6-11/h8,11,15H,5-6H2,1-4H3,(H,16,18). The summed E-state index contributed by atoms with van der Waals surface area (Å²) in [4.78, 5) is 26.7. The van der Waals surface area contributed by atoms with E-state index in [4.69, 9.17) is 0 Å². The number of Topliss-reactive ketones (excluding diaryl/α,β-unsaturated/α-hetero) is 1. The van der Waals surface area contributed by atoms with Gasteiger partial charge in [0, 0.05) is 17.3 Å². The summed E-state index contributed by atoms with van der Waals surface area (Å²) in [5.74, 6) is 0.510. The van der Waals surface area contributed by atoms with Gasteiger partial charge in [0.05, 0.1) is 0 Å². The second-order valence-electron chi connectivity index (χ2n) is 5.28. The Labute approximate surface area is 107 Å². The first-order chi connectivity index (χ1) is 8.41. The van der Waals surface area contributed by atoms with Crippen molar-refractivity contribution in [3.63, 3.8) is 0 Å². The molecule has 0 saturated heterocycles. The fraction of sp³-hybridized carbons (Fsp3) is 0.571.